The molecule has 1 aromatic heterocycles. The highest BCUT2D eigenvalue weighted by Crippen LogP contribution is 2.29. The number of rotatable bonds is 4. The van der Waals surface area contributed by atoms with Crippen molar-refractivity contribution in [3.8, 4) is 5.75 Å². The Bertz CT molecular complexity index is 471. The van der Waals surface area contributed by atoms with Gasteiger partial charge in [-0.25, -0.2) is 0 Å². The van der Waals surface area contributed by atoms with Crippen LogP contribution in [-0.2, 0) is 12.2 Å². The first kappa shape index (κ1) is 11.0. The molecule has 84 valence electrons. The summed E-state index contributed by atoms with van der Waals surface area (Å²) in [5.74, 6) is 2.09. The molecule has 16 heavy (non-hydrogen) atoms. The van der Waals surface area contributed by atoms with Crippen molar-refractivity contribution in [3.63, 3.8) is 0 Å². The van der Waals surface area contributed by atoms with Crippen LogP contribution in [0.5, 0.6) is 5.75 Å². The minimum absolute atomic E-state index is 0.280. The Morgan fingerprint density at radius 2 is 2.00 bits per heavy atom. The van der Waals surface area contributed by atoms with E-state index in [4.69, 9.17) is 4.42 Å². The summed E-state index contributed by atoms with van der Waals surface area (Å²) in [6.45, 7) is 1.97. The van der Waals surface area contributed by atoms with Crippen molar-refractivity contribution in [2.24, 2.45) is 0 Å². The zero-order chi connectivity index (χ0) is 11.4. The molecule has 0 aliphatic rings. The van der Waals surface area contributed by atoms with E-state index < -0.39 is 0 Å². The van der Waals surface area contributed by atoms with Gasteiger partial charge < -0.3 is 9.52 Å². The lowest BCUT2D eigenvalue weighted by Gasteiger charge is -2.00. The summed E-state index contributed by atoms with van der Waals surface area (Å²) >= 11 is 1.48. The molecule has 0 spiro atoms. The highest BCUT2D eigenvalue weighted by molar-refractivity contribution is 7.98. The van der Waals surface area contributed by atoms with E-state index in [9.17, 15) is 5.11 Å². The van der Waals surface area contributed by atoms with Gasteiger partial charge in [-0.3, -0.25) is 0 Å². The summed E-state index contributed by atoms with van der Waals surface area (Å²) in [5.41, 5.74) is 0. The third-order valence-corrected chi connectivity index (χ3v) is 3.08. The molecular weight excluding hydrogens is 224 g/mol. The van der Waals surface area contributed by atoms with Crippen LogP contribution in [0.4, 0.5) is 0 Å². The summed E-state index contributed by atoms with van der Waals surface area (Å²) in [7, 11) is 0. The molecule has 0 saturated carbocycles. The van der Waals surface area contributed by atoms with Gasteiger partial charge in [-0.05, 0) is 12.1 Å². The summed E-state index contributed by atoms with van der Waals surface area (Å²) < 4.78 is 5.37. The van der Waals surface area contributed by atoms with Crippen molar-refractivity contribution in [2.75, 3.05) is 0 Å². The standard InChI is InChI=1S/C11H12N2O2S/c1-2-10-12-13-11(15-10)7-16-9-6-4-3-5-8(9)14/h3-6,14H,2,7H2,1H3. The molecule has 0 unspecified atom stereocenters. The summed E-state index contributed by atoms with van der Waals surface area (Å²) in [4.78, 5) is 0.818. The zero-order valence-corrected chi connectivity index (χ0v) is 9.70. The quantitative estimate of drug-likeness (QED) is 0.827. The number of phenolic OH excluding ortho intramolecular Hbond substituents is 1. The van der Waals surface area contributed by atoms with E-state index in [1.807, 2.05) is 19.1 Å². The second-order valence-corrected chi connectivity index (χ2v) is 4.22. The fourth-order valence-corrected chi connectivity index (χ4v) is 1.99. The lowest BCUT2D eigenvalue weighted by molar-refractivity contribution is 0.461. The SMILES string of the molecule is CCc1nnc(CSc2ccccc2O)o1. The van der Waals surface area contributed by atoms with Crippen LogP contribution in [0.3, 0.4) is 0 Å². The Balaban J connectivity index is 1.99. The van der Waals surface area contributed by atoms with Crippen LogP contribution in [-0.4, -0.2) is 15.3 Å². The van der Waals surface area contributed by atoms with Crippen molar-refractivity contribution >= 4 is 11.8 Å². The van der Waals surface area contributed by atoms with Gasteiger partial charge in [0.25, 0.3) is 0 Å². The molecule has 0 radical (unpaired) electrons. The smallest absolute Gasteiger partial charge is 0.226 e. The predicted molar refractivity (Wildman–Crippen MR) is 61.3 cm³/mol. The number of hydrogen-bond donors (Lipinski definition) is 1. The van der Waals surface area contributed by atoms with Gasteiger partial charge in [-0.1, -0.05) is 19.1 Å². The van der Waals surface area contributed by atoms with Crippen LogP contribution in [0.2, 0.25) is 0 Å². The van der Waals surface area contributed by atoms with Gasteiger partial charge in [-0.2, -0.15) is 0 Å². The Morgan fingerprint density at radius 1 is 1.25 bits per heavy atom. The molecule has 5 heteroatoms. The number of aromatic hydroxyl groups is 1. The van der Waals surface area contributed by atoms with Gasteiger partial charge in [0.15, 0.2) is 0 Å². The minimum Gasteiger partial charge on any atom is -0.507 e. The minimum atomic E-state index is 0.280. The van der Waals surface area contributed by atoms with E-state index in [0.29, 0.717) is 17.5 Å². The number of aromatic nitrogens is 2. The molecule has 1 N–H and O–H groups in total. The van der Waals surface area contributed by atoms with E-state index in [1.165, 1.54) is 11.8 Å². The van der Waals surface area contributed by atoms with Crippen LogP contribution in [0.25, 0.3) is 0 Å². The highest BCUT2D eigenvalue weighted by atomic mass is 32.2. The fraction of sp³-hybridized carbons (Fsp3) is 0.273. The van der Waals surface area contributed by atoms with Crippen molar-refractivity contribution in [1.82, 2.24) is 10.2 Å². The molecule has 2 aromatic rings. The first-order valence-corrected chi connectivity index (χ1v) is 6.00. The first-order chi connectivity index (χ1) is 7.79. The van der Waals surface area contributed by atoms with Gasteiger partial charge in [-0.15, -0.1) is 22.0 Å². The maximum Gasteiger partial charge on any atom is 0.226 e. The Morgan fingerprint density at radius 3 is 2.69 bits per heavy atom. The van der Waals surface area contributed by atoms with Gasteiger partial charge >= 0.3 is 0 Å². The number of hydrogen-bond acceptors (Lipinski definition) is 5. The van der Waals surface area contributed by atoms with Crippen LogP contribution < -0.4 is 0 Å². The van der Waals surface area contributed by atoms with Gasteiger partial charge in [0.05, 0.1) is 5.75 Å². The zero-order valence-electron chi connectivity index (χ0n) is 8.88. The Kier molecular flexibility index (Phi) is 3.46. The maximum absolute atomic E-state index is 9.55. The molecule has 0 amide bonds. The second-order valence-electron chi connectivity index (χ2n) is 3.20. The summed E-state index contributed by atoms with van der Waals surface area (Å²) in [6, 6.07) is 7.19. The largest absolute Gasteiger partial charge is 0.507 e. The maximum atomic E-state index is 9.55. The number of phenols is 1. The monoisotopic (exact) mass is 236 g/mol. The van der Waals surface area contributed by atoms with Crippen LogP contribution in [0.1, 0.15) is 18.7 Å². The summed E-state index contributed by atoms with van der Waals surface area (Å²) in [5, 5.41) is 17.3. The van der Waals surface area contributed by atoms with Crippen LogP contribution in [0.15, 0.2) is 33.6 Å². The topological polar surface area (TPSA) is 59.2 Å². The third-order valence-electron chi connectivity index (χ3n) is 2.03. The molecule has 1 heterocycles. The molecule has 2 rings (SSSR count). The second kappa shape index (κ2) is 5.03. The Hall–Kier alpha value is -1.49. The number of thioether (sulfide) groups is 1. The average molecular weight is 236 g/mol. The highest BCUT2D eigenvalue weighted by Gasteiger charge is 2.06. The molecule has 0 aliphatic carbocycles. The molecule has 4 nitrogen and oxygen atoms in total. The van der Waals surface area contributed by atoms with Crippen molar-refractivity contribution in [2.45, 2.75) is 24.0 Å². The molecule has 0 aliphatic heterocycles. The molecule has 0 fully saturated rings. The molecule has 0 bridgehead atoms. The van der Waals surface area contributed by atoms with Crippen LogP contribution in [0, 0.1) is 0 Å². The summed E-state index contributed by atoms with van der Waals surface area (Å²) in [6.07, 6.45) is 0.744. The van der Waals surface area contributed by atoms with E-state index in [2.05, 4.69) is 10.2 Å². The van der Waals surface area contributed by atoms with E-state index in [1.54, 1.807) is 12.1 Å². The Labute approximate surface area is 97.7 Å². The first-order valence-electron chi connectivity index (χ1n) is 5.01. The van der Waals surface area contributed by atoms with E-state index in [0.717, 1.165) is 11.3 Å². The van der Waals surface area contributed by atoms with E-state index in [-0.39, 0.29) is 5.75 Å². The predicted octanol–water partition coefficient (Wildman–Crippen LogP) is 2.63. The number of aryl methyl sites for hydroxylation is 1. The van der Waals surface area contributed by atoms with Gasteiger partial charge in [0, 0.05) is 11.3 Å². The number of para-hydroxylation sites is 1. The van der Waals surface area contributed by atoms with Crippen molar-refractivity contribution in [3.05, 3.63) is 36.0 Å². The number of nitrogens with zero attached hydrogens (tertiary/aromatic N) is 2. The van der Waals surface area contributed by atoms with E-state index >= 15 is 0 Å². The lowest BCUT2D eigenvalue weighted by Crippen LogP contribution is -1.80. The van der Waals surface area contributed by atoms with Crippen LogP contribution >= 0.6 is 11.8 Å². The third kappa shape index (κ3) is 2.55. The number of benzene rings is 1. The molecule has 0 atom stereocenters. The fourth-order valence-electron chi connectivity index (χ4n) is 1.21. The average Bonchev–Trinajstić information content (AvgIpc) is 2.76. The molecular formula is C11H12N2O2S. The van der Waals surface area contributed by atoms with Gasteiger partial charge in [0.2, 0.25) is 11.8 Å². The molecule has 1 aromatic carbocycles. The lowest BCUT2D eigenvalue weighted by atomic mass is 10.3. The molecule has 0 saturated heterocycles. The normalized spacial score (nSPS) is 10.6. The van der Waals surface area contributed by atoms with Crippen molar-refractivity contribution in [1.29, 1.82) is 0 Å². The van der Waals surface area contributed by atoms with Gasteiger partial charge in [0.1, 0.15) is 5.75 Å². The van der Waals surface area contributed by atoms with Crippen molar-refractivity contribution < 1.29 is 9.52 Å².